The van der Waals surface area contributed by atoms with E-state index in [1.54, 1.807) is 0 Å². The summed E-state index contributed by atoms with van der Waals surface area (Å²) in [4.78, 5) is 2.19. The third-order valence-corrected chi connectivity index (χ3v) is 3.88. The number of anilines is 2. The average molecular weight is 267 g/mol. The van der Waals surface area contributed by atoms with Gasteiger partial charge in [0.25, 0.3) is 0 Å². The van der Waals surface area contributed by atoms with Gasteiger partial charge in [0.1, 0.15) is 0 Å². The zero-order valence-electron chi connectivity index (χ0n) is 12.8. The zero-order chi connectivity index (χ0) is 14.5. The van der Waals surface area contributed by atoms with Gasteiger partial charge in [-0.1, -0.05) is 32.9 Å². The number of benzene rings is 2. The zero-order valence-corrected chi connectivity index (χ0v) is 12.8. The molecule has 2 heteroatoms. The van der Waals surface area contributed by atoms with E-state index in [4.69, 9.17) is 4.74 Å². The molecular formula is C18H21NO. The molecule has 1 heterocycles. The van der Waals surface area contributed by atoms with Gasteiger partial charge < -0.3 is 9.64 Å². The summed E-state index contributed by atoms with van der Waals surface area (Å²) in [7, 11) is 2.09. The van der Waals surface area contributed by atoms with Crippen LogP contribution in [0.3, 0.4) is 0 Å². The van der Waals surface area contributed by atoms with Crippen molar-refractivity contribution in [1.82, 2.24) is 0 Å². The van der Waals surface area contributed by atoms with Crippen LogP contribution in [-0.2, 0) is 5.41 Å². The number of hydrogen-bond acceptors (Lipinski definition) is 2. The summed E-state index contributed by atoms with van der Waals surface area (Å²) in [6.45, 7) is 8.75. The summed E-state index contributed by atoms with van der Waals surface area (Å²) >= 11 is 0. The first-order chi connectivity index (χ1) is 9.36. The number of ether oxygens (including phenoxy) is 1. The standard InChI is InChI=1S/C18H21NO/c1-12-6-8-14-16(10-12)20-17-11-13(18(2,3)4)7-9-15(17)19(14)5/h6-11H,1-5H3. The van der Waals surface area contributed by atoms with E-state index in [-0.39, 0.29) is 5.41 Å². The molecule has 3 rings (SSSR count). The summed E-state index contributed by atoms with van der Waals surface area (Å²) in [5.74, 6) is 1.88. The molecule has 2 aromatic rings. The quantitative estimate of drug-likeness (QED) is 0.653. The largest absolute Gasteiger partial charge is 0.453 e. The van der Waals surface area contributed by atoms with Crippen LogP contribution in [0.5, 0.6) is 11.5 Å². The van der Waals surface area contributed by atoms with Crippen LogP contribution in [-0.4, -0.2) is 7.05 Å². The van der Waals surface area contributed by atoms with Crippen molar-refractivity contribution in [3.63, 3.8) is 0 Å². The monoisotopic (exact) mass is 267 g/mol. The predicted octanol–water partition coefficient (Wildman–Crippen LogP) is 5.17. The highest BCUT2D eigenvalue weighted by atomic mass is 16.5. The average Bonchev–Trinajstić information content (AvgIpc) is 2.37. The Morgan fingerprint density at radius 3 is 2.15 bits per heavy atom. The third kappa shape index (κ3) is 2.05. The molecule has 0 aromatic heterocycles. The Bertz CT molecular complexity index is 668. The summed E-state index contributed by atoms with van der Waals surface area (Å²) in [6.07, 6.45) is 0. The lowest BCUT2D eigenvalue weighted by molar-refractivity contribution is 0.471. The minimum Gasteiger partial charge on any atom is -0.453 e. The summed E-state index contributed by atoms with van der Waals surface area (Å²) in [5.41, 5.74) is 4.87. The molecule has 0 saturated heterocycles. The van der Waals surface area contributed by atoms with Crippen LogP contribution in [0.25, 0.3) is 0 Å². The Morgan fingerprint density at radius 2 is 1.50 bits per heavy atom. The van der Waals surface area contributed by atoms with Gasteiger partial charge >= 0.3 is 0 Å². The van der Waals surface area contributed by atoms with Crippen molar-refractivity contribution in [2.75, 3.05) is 11.9 Å². The van der Waals surface area contributed by atoms with Crippen LogP contribution in [0.1, 0.15) is 31.9 Å². The third-order valence-electron chi connectivity index (χ3n) is 3.88. The molecule has 0 amide bonds. The first-order valence-electron chi connectivity index (χ1n) is 7.03. The lowest BCUT2D eigenvalue weighted by Gasteiger charge is -2.31. The van der Waals surface area contributed by atoms with Gasteiger partial charge in [0, 0.05) is 7.05 Å². The highest BCUT2D eigenvalue weighted by molar-refractivity contribution is 5.78. The van der Waals surface area contributed by atoms with Gasteiger partial charge in [-0.15, -0.1) is 0 Å². The molecule has 1 aliphatic heterocycles. The molecule has 2 aromatic carbocycles. The minimum absolute atomic E-state index is 0.129. The lowest BCUT2D eigenvalue weighted by Crippen LogP contribution is -2.17. The van der Waals surface area contributed by atoms with E-state index in [1.165, 1.54) is 11.1 Å². The molecule has 20 heavy (non-hydrogen) atoms. The van der Waals surface area contributed by atoms with Crippen molar-refractivity contribution in [2.45, 2.75) is 33.1 Å². The fraction of sp³-hybridized carbons (Fsp3) is 0.333. The molecule has 0 aliphatic carbocycles. The maximum absolute atomic E-state index is 6.12. The second-order valence-corrected chi connectivity index (χ2v) is 6.56. The Labute approximate surface area is 121 Å². The predicted molar refractivity (Wildman–Crippen MR) is 84.5 cm³/mol. The second-order valence-electron chi connectivity index (χ2n) is 6.56. The summed E-state index contributed by atoms with van der Waals surface area (Å²) in [5, 5.41) is 0. The van der Waals surface area contributed by atoms with Crippen molar-refractivity contribution in [2.24, 2.45) is 0 Å². The lowest BCUT2D eigenvalue weighted by atomic mass is 9.86. The normalized spacial score (nSPS) is 13.6. The number of hydrogen-bond donors (Lipinski definition) is 0. The fourth-order valence-corrected chi connectivity index (χ4v) is 2.57. The number of aryl methyl sites for hydroxylation is 1. The number of fused-ring (bicyclic) bond motifs is 2. The highest BCUT2D eigenvalue weighted by Gasteiger charge is 2.24. The smallest absolute Gasteiger partial charge is 0.151 e. The van der Waals surface area contributed by atoms with Crippen molar-refractivity contribution in [3.05, 3.63) is 47.5 Å². The summed E-state index contributed by atoms with van der Waals surface area (Å²) in [6, 6.07) is 12.8. The highest BCUT2D eigenvalue weighted by Crippen LogP contribution is 2.47. The van der Waals surface area contributed by atoms with Crippen molar-refractivity contribution < 1.29 is 4.74 Å². The molecule has 0 N–H and O–H groups in total. The molecule has 0 atom stereocenters. The van der Waals surface area contributed by atoms with Gasteiger partial charge in [-0.05, 0) is 47.7 Å². The van der Waals surface area contributed by atoms with Gasteiger partial charge in [-0.25, -0.2) is 0 Å². The molecule has 0 saturated carbocycles. The fourth-order valence-electron chi connectivity index (χ4n) is 2.57. The van der Waals surface area contributed by atoms with E-state index < -0.39 is 0 Å². The Morgan fingerprint density at radius 1 is 0.900 bits per heavy atom. The molecule has 1 aliphatic rings. The van der Waals surface area contributed by atoms with Crippen LogP contribution in [0.4, 0.5) is 11.4 Å². The van der Waals surface area contributed by atoms with Gasteiger partial charge in [0.05, 0.1) is 11.4 Å². The molecule has 2 nitrogen and oxygen atoms in total. The Kier molecular flexibility index (Phi) is 2.79. The first kappa shape index (κ1) is 13.0. The molecule has 0 unspecified atom stereocenters. The van der Waals surface area contributed by atoms with Crippen LogP contribution in [0.2, 0.25) is 0 Å². The van der Waals surface area contributed by atoms with Crippen molar-refractivity contribution in [3.8, 4) is 11.5 Å². The Hall–Kier alpha value is -1.96. The maximum Gasteiger partial charge on any atom is 0.151 e. The van der Waals surface area contributed by atoms with Crippen LogP contribution >= 0.6 is 0 Å². The number of rotatable bonds is 0. The maximum atomic E-state index is 6.12. The van der Waals surface area contributed by atoms with Crippen LogP contribution in [0.15, 0.2) is 36.4 Å². The molecule has 0 radical (unpaired) electrons. The molecule has 0 fully saturated rings. The van der Waals surface area contributed by atoms with Gasteiger partial charge in [-0.3, -0.25) is 0 Å². The van der Waals surface area contributed by atoms with Crippen molar-refractivity contribution in [1.29, 1.82) is 0 Å². The molecular weight excluding hydrogens is 246 g/mol. The van der Waals surface area contributed by atoms with E-state index in [1.807, 2.05) is 0 Å². The van der Waals surface area contributed by atoms with E-state index in [0.29, 0.717) is 0 Å². The topological polar surface area (TPSA) is 12.5 Å². The molecule has 0 bridgehead atoms. The van der Waals surface area contributed by atoms with Gasteiger partial charge in [-0.2, -0.15) is 0 Å². The molecule has 0 spiro atoms. The Balaban J connectivity index is 2.11. The SMILES string of the molecule is Cc1ccc2c(c1)Oc1cc(C(C)(C)C)ccc1N2C. The first-order valence-corrected chi connectivity index (χ1v) is 7.03. The van der Waals surface area contributed by atoms with E-state index >= 15 is 0 Å². The second kappa shape index (κ2) is 4.27. The van der Waals surface area contributed by atoms with E-state index in [2.05, 4.69) is 76.0 Å². The van der Waals surface area contributed by atoms with Crippen LogP contribution in [0, 0.1) is 6.92 Å². The van der Waals surface area contributed by atoms with Crippen molar-refractivity contribution >= 4 is 11.4 Å². The van der Waals surface area contributed by atoms with E-state index in [0.717, 1.165) is 22.9 Å². The molecule has 104 valence electrons. The van der Waals surface area contributed by atoms with Gasteiger partial charge in [0.15, 0.2) is 11.5 Å². The van der Waals surface area contributed by atoms with Crippen LogP contribution < -0.4 is 9.64 Å². The number of nitrogens with zero attached hydrogens (tertiary/aromatic N) is 1. The van der Waals surface area contributed by atoms with Gasteiger partial charge in [0.2, 0.25) is 0 Å². The minimum atomic E-state index is 0.129. The van der Waals surface area contributed by atoms with E-state index in [9.17, 15) is 0 Å². The summed E-state index contributed by atoms with van der Waals surface area (Å²) < 4.78 is 6.12.